The number of aliphatic hydroxyl groups excluding tert-OH is 1. The predicted molar refractivity (Wildman–Crippen MR) is 60.5 cm³/mol. The normalized spacial score (nSPS) is 22.2. The van der Waals surface area contributed by atoms with E-state index in [1.165, 1.54) is 6.42 Å². The second-order valence-electron chi connectivity index (χ2n) is 4.10. The second-order valence-corrected chi connectivity index (χ2v) is 4.10. The first kappa shape index (κ1) is 12.2. The van der Waals surface area contributed by atoms with E-state index in [0.717, 1.165) is 32.2 Å². The Kier molecular flexibility index (Phi) is 5.40. The van der Waals surface area contributed by atoms with Crippen molar-refractivity contribution in [2.24, 2.45) is 0 Å². The maximum Gasteiger partial charge on any atom is 0.223 e. The van der Waals surface area contributed by atoms with Crippen molar-refractivity contribution in [2.45, 2.75) is 44.6 Å². The Morgan fingerprint density at radius 2 is 2.27 bits per heavy atom. The predicted octanol–water partition coefficient (Wildman–Crippen LogP) is 1.72. The van der Waals surface area contributed by atoms with Gasteiger partial charge in [-0.05, 0) is 19.3 Å². The van der Waals surface area contributed by atoms with Gasteiger partial charge in [0.25, 0.3) is 0 Å². The summed E-state index contributed by atoms with van der Waals surface area (Å²) < 4.78 is 0. The van der Waals surface area contributed by atoms with Gasteiger partial charge in [-0.3, -0.25) is 4.79 Å². The van der Waals surface area contributed by atoms with Gasteiger partial charge in [0.2, 0.25) is 5.91 Å². The van der Waals surface area contributed by atoms with E-state index >= 15 is 0 Å². The molecule has 0 spiro atoms. The summed E-state index contributed by atoms with van der Waals surface area (Å²) in [4.78, 5) is 13.7. The maximum atomic E-state index is 11.8. The molecule has 0 radical (unpaired) electrons. The molecule has 0 aromatic carbocycles. The zero-order chi connectivity index (χ0) is 11.1. The minimum Gasteiger partial charge on any atom is -0.394 e. The molecule has 0 aromatic heterocycles. The van der Waals surface area contributed by atoms with E-state index in [0.29, 0.717) is 6.42 Å². The van der Waals surface area contributed by atoms with Gasteiger partial charge in [0.15, 0.2) is 0 Å². The lowest BCUT2D eigenvalue weighted by molar-refractivity contribution is -0.134. The van der Waals surface area contributed by atoms with Crippen LogP contribution in [0.4, 0.5) is 0 Å². The lowest BCUT2D eigenvalue weighted by atomic mass is 10.1. The Hall–Kier alpha value is -0.830. The number of hydrogen-bond acceptors (Lipinski definition) is 2. The van der Waals surface area contributed by atoms with Gasteiger partial charge in [-0.25, -0.2) is 0 Å². The summed E-state index contributed by atoms with van der Waals surface area (Å²) in [5.74, 6) is 0.163. The van der Waals surface area contributed by atoms with E-state index < -0.39 is 0 Å². The highest BCUT2D eigenvalue weighted by Gasteiger charge is 2.23. The standard InChI is InChI=1S/C12H21NO2/c1-2-3-8-12(15)13-9-6-4-5-7-11(13)10-14/h2,11,14H,1,3-10H2. The summed E-state index contributed by atoms with van der Waals surface area (Å²) in [5.41, 5.74) is 0. The summed E-state index contributed by atoms with van der Waals surface area (Å²) in [6.45, 7) is 4.52. The Labute approximate surface area is 91.8 Å². The summed E-state index contributed by atoms with van der Waals surface area (Å²) in [5, 5.41) is 9.25. The average molecular weight is 211 g/mol. The van der Waals surface area contributed by atoms with Crippen molar-refractivity contribution in [2.75, 3.05) is 13.2 Å². The second kappa shape index (κ2) is 6.62. The Morgan fingerprint density at radius 3 is 2.93 bits per heavy atom. The molecule has 1 fully saturated rings. The zero-order valence-electron chi connectivity index (χ0n) is 9.32. The number of hydrogen-bond donors (Lipinski definition) is 1. The van der Waals surface area contributed by atoms with Crippen LogP contribution in [0.2, 0.25) is 0 Å². The van der Waals surface area contributed by atoms with Crippen molar-refractivity contribution < 1.29 is 9.90 Å². The number of rotatable bonds is 4. The molecular weight excluding hydrogens is 190 g/mol. The fraction of sp³-hybridized carbons (Fsp3) is 0.750. The Bertz CT molecular complexity index is 216. The van der Waals surface area contributed by atoms with Crippen LogP contribution in [0.3, 0.4) is 0 Å². The molecule has 1 aliphatic heterocycles. The highest BCUT2D eigenvalue weighted by Crippen LogP contribution is 2.17. The first-order valence-corrected chi connectivity index (χ1v) is 5.80. The summed E-state index contributed by atoms with van der Waals surface area (Å²) in [7, 11) is 0. The third kappa shape index (κ3) is 3.67. The van der Waals surface area contributed by atoms with Gasteiger partial charge in [-0.2, -0.15) is 0 Å². The molecule has 1 aliphatic rings. The molecule has 1 heterocycles. The van der Waals surface area contributed by atoms with Gasteiger partial charge in [-0.1, -0.05) is 18.9 Å². The van der Waals surface area contributed by atoms with Crippen molar-refractivity contribution in [3.05, 3.63) is 12.7 Å². The van der Waals surface area contributed by atoms with Gasteiger partial charge >= 0.3 is 0 Å². The molecule has 0 bridgehead atoms. The summed E-state index contributed by atoms with van der Waals surface area (Å²) in [6, 6.07) is 0.0461. The van der Waals surface area contributed by atoms with E-state index in [1.54, 1.807) is 6.08 Å². The van der Waals surface area contributed by atoms with Gasteiger partial charge < -0.3 is 10.0 Å². The van der Waals surface area contributed by atoms with Crippen molar-refractivity contribution in [3.63, 3.8) is 0 Å². The van der Waals surface area contributed by atoms with E-state index in [-0.39, 0.29) is 18.6 Å². The summed E-state index contributed by atoms with van der Waals surface area (Å²) in [6.07, 6.45) is 7.32. The van der Waals surface area contributed by atoms with E-state index in [9.17, 15) is 9.90 Å². The van der Waals surface area contributed by atoms with Crippen LogP contribution in [0.1, 0.15) is 38.5 Å². The quantitative estimate of drug-likeness (QED) is 0.719. The number of allylic oxidation sites excluding steroid dienone is 1. The molecule has 3 heteroatoms. The van der Waals surface area contributed by atoms with Crippen molar-refractivity contribution in [1.29, 1.82) is 0 Å². The molecule has 0 saturated carbocycles. The van der Waals surface area contributed by atoms with E-state index in [4.69, 9.17) is 0 Å². The summed E-state index contributed by atoms with van der Waals surface area (Å²) >= 11 is 0. The molecule has 1 rings (SSSR count). The van der Waals surface area contributed by atoms with Gasteiger partial charge in [0.1, 0.15) is 0 Å². The van der Waals surface area contributed by atoms with Crippen molar-refractivity contribution >= 4 is 5.91 Å². The van der Waals surface area contributed by atoms with Gasteiger partial charge in [0, 0.05) is 13.0 Å². The number of carbonyl (C=O) groups excluding carboxylic acids is 1. The Balaban J connectivity index is 2.53. The highest BCUT2D eigenvalue weighted by molar-refractivity contribution is 5.76. The maximum absolute atomic E-state index is 11.8. The average Bonchev–Trinajstić information content (AvgIpc) is 2.50. The molecule has 1 atom stereocenters. The fourth-order valence-electron chi connectivity index (χ4n) is 2.06. The van der Waals surface area contributed by atoms with Gasteiger partial charge in [0.05, 0.1) is 12.6 Å². The minimum absolute atomic E-state index is 0.0461. The Morgan fingerprint density at radius 1 is 1.47 bits per heavy atom. The molecular formula is C12H21NO2. The first-order valence-electron chi connectivity index (χ1n) is 5.80. The fourth-order valence-corrected chi connectivity index (χ4v) is 2.06. The molecule has 0 aliphatic carbocycles. The van der Waals surface area contributed by atoms with Crippen molar-refractivity contribution in [3.8, 4) is 0 Å². The van der Waals surface area contributed by atoms with Crippen LogP contribution in [0.5, 0.6) is 0 Å². The largest absolute Gasteiger partial charge is 0.394 e. The monoisotopic (exact) mass is 211 g/mol. The number of nitrogens with zero attached hydrogens (tertiary/aromatic N) is 1. The van der Waals surface area contributed by atoms with Crippen LogP contribution in [-0.2, 0) is 4.79 Å². The number of amides is 1. The highest BCUT2D eigenvalue weighted by atomic mass is 16.3. The van der Waals surface area contributed by atoms with Crippen LogP contribution in [0.15, 0.2) is 12.7 Å². The topological polar surface area (TPSA) is 40.5 Å². The molecule has 0 aromatic rings. The number of aliphatic hydroxyl groups is 1. The molecule has 1 unspecified atom stereocenters. The van der Waals surface area contributed by atoms with Crippen LogP contribution in [0.25, 0.3) is 0 Å². The third-order valence-electron chi connectivity index (χ3n) is 2.97. The molecule has 1 amide bonds. The third-order valence-corrected chi connectivity index (χ3v) is 2.97. The SMILES string of the molecule is C=CCCC(=O)N1CCCCCC1CO. The smallest absolute Gasteiger partial charge is 0.223 e. The molecule has 3 nitrogen and oxygen atoms in total. The molecule has 86 valence electrons. The minimum atomic E-state index is 0.0461. The molecule has 1 saturated heterocycles. The number of carbonyl (C=O) groups is 1. The molecule has 15 heavy (non-hydrogen) atoms. The first-order chi connectivity index (χ1) is 7.29. The van der Waals surface area contributed by atoms with Crippen LogP contribution in [0, 0.1) is 0 Å². The van der Waals surface area contributed by atoms with Crippen LogP contribution >= 0.6 is 0 Å². The van der Waals surface area contributed by atoms with Gasteiger partial charge in [-0.15, -0.1) is 6.58 Å². The lowest BCUT2D eigenvalue weighted by Gasteiger charge is -2.28. The van der Waals surface area contributed by atoms with E-state index in [2.05, 4.69) is 6.58 Å². The lowest BCUT2D eigenvalue weighted by Crippen LogP contribution is -2.41. The molecule has 1 N–H and O–H groups in total. The van der Waals surface area contributed by atoms with Crippen LogP contribution < -0.4 is 0 Å². The number of likely N-dealkylation sites (tertiary alicyclic amines) is 1. The van der Waals surface area contributed by atoms with Crippen molar-refractivity contribution in [1.82, 2.24) is 4.90 Å². The van der Waals surface area contributed by atoms with E-state index in [1.807, 2.05) is 4.90 Å². The van der Waals surface area contributed by atoms with Crippen LogP contribution in [-0.4, -0.2) is 35.1 Å². The zero-order valence-corrected chi connectivity index (χ0v) is 9.32.